The Hall–Kier alpha value is -0.640. The van der Waals surface area contributed by atoms with Gasteiger partial charge in [-0.25, -0.2) is 0 Å². The van der Waals surface area contributed by atoms with Crippen molar-refractivity contribution in [2.45, 2.75) is 20.3 Å². The molecular formula is C7H13N3S. The van der Waals surface area contributed by atoms with Gasteiger partial charge in [0.05, 0.1) is 6.20 Å². The second-order valence-corrected chi connectivity index (χ2v) is 3.10. The molecule has 0 atom stereocenters. The summed E-state index contributed by atoms with van der Waals surface area (Å²) in [6.45, 7) is 6.46. The number of hydrogen-bond acceptors (Lipinski definition) is 4. The highest BCUT2D eigenvalue weighted by Gasteiger charge is 2.03. The molecule has 1 aromatic heterocycles. The van der Waals surface area contributed by atoms with Crippen LogP contribution in [0, 0.1) is 0 Å². The molecule has 0 bridgehead atoms. The van der Waals surface area contributed by atoms with Crippen molar-refractivity contribution in [3.05, 3.63) is 6.20 Å². The Labute approximate surface area is 71.2 Å². The third-order valence-corrected chi connectivity index (χ3v) is 2.26. The SMILES string of the molecule is CCCN(CC)c1cnns1. The smallest absolute Gasteiger partial charge is 0.132 e. The van der Waals surface area contributed by atoms with Crippen LogP contribution in [0.4, 0.5) is 5.00 Å². The fourth-order valence-corrected chi connectivity index (χ4v) is 1.60. The van der Waals surface area contributed by atoms with E-state index >= 15 is 0 Å². The molecule has 1 heterocycles. The summed E-state index contributed by atoms with van der Waals surface area (Å²) in [5, 5.41) is 4.98. The minimum atomic E-state index is 1.04. The first-order chi connectivity index (χ1) is 5.38. The predicted octanol–water partition coefficient (Wildman–Crippen LogP) is 1.77. The molecular weight excluding hydrogens is 158 g/mol. The van der Waals surface area contributed by atoms with Crippen molar-refractivity contribution in [3.8, 4) is 0 Å². The quantitative estimate of drug-likeness (QED) is 0.691. The maximum absolute atomic E-state index is 3.82. The van der Waals surface area contributed by atoms with E-state index in [-0.39, 0.29) is 0 Å². The van der Waals surface area contributed by atoms with Crippen LogP contribution in [0.2, 0.25) is 0 Å². The van der Waals surface area contributed by atoms with Gasteiger partial charge in [-0.05, 0) is 13.3 Å². The molecule has 0 saturated carbocycles. The second kappa shape index (κ2) is 4.28. The molecule has 0 aromatic carbocycles. The molecule has 0 N–H and O–H groups in total. The molecule has 4 heteroatoms. The van der Waals surface area contributed by atoms with Crippen LogP contribution < -0.4 is 4.90 Å². The molecule has 0 fully saturated rings. The van der Waals surface area contributed by atoms with Crippen molar-refractivity contribution in [1.82, 2.24) is 9.59 Å². The number of nitrogens with zero attached hydrogens (tertiary/aromatic N) is 3. The Bertz CT molecular complexity index is 186. The van der Waals surface area contributed by atoms with E-state index in [1.54, 1.807) is 0 Å². The lowest BCUT2D eigenvalue weighted by Crippen LogP contribution is -2.22. The summed E-state index contributed by atoms with van der Waals surface area (Å²) in [6.07, 6.45) is 3.00. The molecule has 11 heavy (non-hydrogen) atoms. The average molecular weight is 171 g/mol. The average Bonchev–Trinajstić information content (AvgIpc) is 2.52. The first kappa shape index (κ1) is 8.46. The zero-order valence-corrected chi connectivity index (χ0v) is 7.77. The van der Waals surface area contributed by atoms with Gasteiger partial charge in [-0.3, -0.25) is 0 Å². The molecule has 0 aliphatic carbocycles. The first-order valence-electron chi connectivity index (χ1n) is 3.90. The minimum absolute atomic E-state index is 1.04. The summed E-state index contributed by atoms with van der Waals surface area (Å²) < 4.78 is 3.82. The monoisotopic (exact) mass is 171 g/mol. The van der Waals surface area contributed by atoms with Gasteiger partial charge in [0.25, 0.3) is 0 Å². The Morgan fingerprint density at radius 1 is 1.55 bits per heavy atom. The second-order valence-electron chi connectivity index (χ2n) is 2.34. The van der Waals surface area contributed by atoms with Crippen molar-refractivity contribution in [3.63, 3.8) is 0 Å². The van der Waals surface area contributed by atoms with Gasteiger partial charge in [0.2, 0.25) is 0 Å². The fraction of sp³-hybridized carbons (Fsp3) is 0.714. The van der Waals surface area contributed by atoms with Crippen molar-refractivity contribution in [2.75, 3.05) is 18.0 Å². The van der Waals surface area contributed by atoms with Gasteiger partial charge < -0.3 is 4.90 Å². The Balaban J connectivity index is 2.56. The molecule has 0 aliphatic rings. The molecule has 0 radical (unpaired) electrons. The summed E-state index contributed by atoms with van der Waals surface area (Å²) in [5.41, 5.74) is 0. The number of rotatable bonds is 4. The summed E-state index contributed by atoms with van der Waals surface area (Å²) in [7, 11) is 0. The van der Waals surface area contributed by atoms with Crippen molar-refractivity contribution < 1.29 is 0 Å². The largest absolute Gasteiger partial charge is 0.361 e. The highest BCUT2D eigenvalue weighted by molar-refractivity contribution is 7.09. The van der Waals surface area contributed by atoms with Gasteiger partial charge in [-0.1, -0.05) is 11.4 Å². The van der Waals surface area contributed by atoms with Crippen molar-refractivity contribution in [1.29, 1.82) is 0 Å². The normalized spacial score (nSPS) is 10.0. The minimum Gasteiger partial charge on any atom is -0.361 e. The van der Waals surface area contributed by atoms with E-state index in [9.17, 15) is 0 Å². The van der Waals surface area contributed by atoms with Gasteiger partial charge >= 0.3 is 0 Å². The molecule has 0 aliphatic heterocycles. The molecule has 0 unspecified atom stereocenters. The lowest BCUT2D eigenvalue weighted by atomic mass is 10.4. The molecule has 1 rings (SSSR count). The van der Waals surface area contributed by atoms with Crippen LogP contribution in [0.5, 0.6) is 0 Å². The molecule has 0 spiro atoms. The zero-order chi connectivity index (χ0) is 8.10. The van der Waals surface area contributed by atoms with Gasteiger partial charge in [0, 0.05) is 24.6 Å². The van der Waals surface area contributed by atoms with Crippen LogP contribution in [-0.4, -0.2) is 22.7 Å². The first-order valence-corrected chi connectivity index (χ1v) is 4.68. The number of anilines is 1. The molecule has 1 aromatic rings. The van der Waals surface area contributed by atoms with Gasteiger partial charge in [-0.15, -0.1) is 5.10 Å². The number of aromatic nitrogens is 2. The maximum Gasteiger partial charge on any atom is 0.132 e. The van der Waals surface area contributed by atoms with Gasteiger partial charge in [0.15, 0.2) is 0 Å². The molecule has 0 saturated heterocycles. The highest BCUT2D eigenvalue weighted by Crippen LogP contribution is 2.16. The predicted molar refractivity (Wildman–Crippen MR) is 48.1 cm³/mol. The summed E-state index contributed by atoms with van der Waals surface area (Å²) in [5.74, 6) is 0. The van der Waals surface area contributed by atoms with E-state index in [0.29, 0.717) is 0 Å². The standard InChI is InChI=1S/C7H13N3S/c1-3-5-10(4-2)7-6-8-9-11-7/h6H,3-5H2,1-2H3. The van der Waals surface area contributed by atoms with Crippen molar-refractivity contribution >= 4 is 16.5 Å². The molecule has 62 valence electrons. The Kier molecular flexibility index (Phi) is 3.29. The van der Waals surface area contributed by atoms with E-state index in [1.165, 1.54) is 23.0 Å². The van der Waals surface area contributed by atoms with Crippen molar-refractivity contribution in [2.24, 2.45) is 0 Å². The Morgan fingerprint density at radius 2 is 2.36 bits per heavy atom. The van der Waals surface area contributed by atoms with Crippen LogP contribution in [0.1, 0.15) is 20.3 Å². The van der Waals surface area contributed by atoms with Crippen LogP contribution in [0.15, 0.2) is 6.20 Å². The zero-order valence-electron chi connectivity index (χ0n) is 6.95. The van der Waals surface area contributed by atoms with Crippen LogP contribution in [0.25, 0.3) is 0 Å². The highest BCUT2D eigenvalue weighted by atomic mass is 32.1. The number of hydrogen-bond donors (Lipinski definition) is 0. The van der Waals surface area contributed by atoms with E-state index in [4.69, 9.17) is 0 Å². The van der Waals surface area contributed by atoms with Gasteiger partial charge in [-0.2, -0.15) is 0 Å². The fourth-order valence-electron chi connectivity index (χ4n) is 0.995. The van der Waals surface area contributed by atoms with Crippen LogP contribution in [0.3, 0.4) is 0 Å². The lowest BCUT2D eigenvalue weighted by Gasteiger charge is -2.18. The molecule has 0 amide bonds. The maximum atomic E-state index is 3.82. The summed E-state index contributed by atoms with van der Waals surface area (Å²) in [6, 6.07) is 0. The third-order valence-electron chi connectivity index (χ3n) is 1.54. The van der Waals surface area contributed by atoms with E-state index in [2.05, 4.69) is 28.3 Å². The van der Waals surface area contributed by atoms with E-state index in [0.717, 1.165) is 13.1 Å². The molecule has 3 nitrogen and oxygen atoms in total. The third kappa shape index (κ3) is 2.15. The van der Waals surface area contributed by atoms with E-state index < -0.39 is 0 Å². The summed E-state index contributed by atoms with van der Waals surface area (Å²) in [4.78, 5) is 2.28. The lowest BCUT2D eigenvalue weighted by molar-refractivity contribution is 0.797. The Morgan fingerprint density at radius 3 is 2.82 bits per heavy atom. The summed E-state index contributed by atoms with van der Waals surface area (Å²) >= 11 is 1.46. The van der Waals surface area contributed by atoms with Crippen LogP contribution >= 0.6 is 11.5 Å². The van der Waals surface area contributed by atoms with Gasteiger partial charge in [0.1, 0.15) is 5.00 Å². The van der Waals surface area contributed by atoms with Crippen LogP contribution in [-0.2, 0) is 0 Å². The topological polar surface area (TPSA) is 29.0 Å². The van der Waals surface area contributed by atoms with E-state index in [1.807, 2.05) is 6.20 Å².